The first-order chi connectivity index (χ1) is 18.1. The molecule has 2 aliphatic carbocycles. The summed E-state index contributed by atoms with van der Waals surface area (Å²) in [5.41, 5.74) is 5.39. The van der Waals surface area contributed by atoms with Crippen LogP contribution in [0.5, 0.6) is 17.2 Å². The van der Waals surface area contributed by atoms with Gasteiger partial charge in [0.2, 0.25) is 5.78 Å². The molecule has 0 radical (unpaired) electrons. The van der Waals surface area contributed by atoms with E-state index >= 15 is 0 Å². The molecular weight excluding hydrogens is 498 g/mol. The Morgan fingerprint density at radius 2 is 1.79 bits per heavy atom. The number of ether oxygens (including phenoxy) is 3. The van der Waals surface area contributed by atoms with Crippen molar-refractivity contribution in [1.29, 1.82) is 0 Å². The van der Waals surface area contributed by atoms with Crippen LogP contribution in [0, 0.1) is 5.92 Å². The van der Waals surface area contributed by atoms with Gasteiger partial charge in [0.1, 0.15) is 23.9 Å². The van der Waals surface area contributed by atoms with Crippen molar-refractivity contribution in [2.45, 2.75) is 44.1 Å². The van der Waals surface area contributed by atoms with Crippen LogP contribution in [0.2, 0.25) is 0 Å². The largest absolute Gasteiger partial charge is 0.507 e. The maximum atomic E-state index is 13.6. The Balaban J connectivity index is 1.84. The summed E-state index contributed by atoms with van der Waals surface area (Å²) in [6, 6.07) is 3.56. The second kappa shape index (κ2) is 10.8. The van der Waals surface area contributed by atoms with Crippen LogP contribution >= 0.6 is 0 Å². The molecule has 5 unspecified atom stereocenters. The van der Waals surface area contributed by atoms with Crippen molar-refractivity contribution in [3.8, 4) is 17.2 Å². The predicted molar refractivity (Wildman–Crippen MR) is 133 cm³/mol. The summed E-state index contributed by atoms with van der Waals surface area (Å²) in [7, 11) is 2.76. The molecule has 0 saturated heterocycles. The standard InChI is InChI=1S/C27H31NO10/c1-11(36-2)23(31)15(28)10-38-18-8-12(16(30)9-29)7-14-20(18)27(35)22-21(25(14)33)24(32)13-5-4-6-17(37-3)19(13)26(22)34/h4-6,11-12,15,18,23,29,31,33,35H,7-10,28H2,1-3H3. The number of phenols is 2. The third kappa shape index (κ3) is 4.46. The first-order valence-electron chi connectivity index (χ1n) is 12.2. The number of rotatable bonds is 9. The number of benzene rings is 2. The molecule has 2 aromatic carbocycles. The highest BCUT2D eigenvalue weighted by Gasteiger charge is 2.44. The average Bonchev–Trinajstić information content (AvgIpc) is 2.93. The highest BCUT2D eigenvalue weighted by atomic mass is 16.5. The Morgan fingerprint density at radius 1 is 1.11 bits per heavy atom. The van der Waals surface area contributed by atoms with Gasteiger partial charge in [0.25, 0.3) is 0 Å². The Kier molecular flexibility index (Phi) is 7.86. The van der Waals surface area contributed by atoms with Gasteiger partial charge in [-0.3, -0.25) is 14.4 Å². The van der Waals surface area contributed by atoms with Crippen molar-refractivity contribution in [3.63, 3.8) is 0 Å². The zero-order valence-electron chi connectivity index (χ0n) is 21.3. The van der Waals surface area contributed by atoms with Gasteiger partial charge in [-0.15, -0.1) is 0 Å². The minimum atomic E-state index is -1.09. The second-order valence-electron chi connectivity index (χ2n) is 9.56. The summed E-state index contributed by atoms with van der Waals surface area (Å²) in [5, 5.41) is 42.5. The Hall–Kier alpha value is -3.35. The fourth-order valence-corrected chi connectivity index (χ4v) is 5.22. The van der Waals surface area contributed by atoms with Gasteiger partial charge in [0.15, 0.2) is 11.6 Å². The normalized spacial score (nSPS) is 20.7. The number of aliphatic hydroxyl groups is 2. The van der Waals surface area contributed by atoms with E-state index in [1.165, 1.54) is 32.4 Å². The van der Waals surface area contributed by atoms with Gasteiger partial charge >= 0.3 is 0 Å². The summed E-state index contributed by atoms with van der Waals surface area (Å²) in [4.78, 5) is 39.5. The van der Waals surface area contributed by atoms with Crippen molar-refractivity contribution in [1.82, 2.24) is 0 Å². The number of fused-ring (bicyclic) bond motifs is 3. The third-order valence-corrected chi connectivity index (χ3v) is 7.43. The highest BCUT2D eigenvalue weighted by molar-refractivity contribution is 6.31. The number of ketones is 3. The first-order valence-corrected chi connectivity index (χ1v) is 12.2. The molecule has 6 N–H and O–H groups in total. The molecule has 0 aliphatic heterocycles. The molecule has 11 nitrogen and oxygen atoms in total. The molecule has 0 saturated carbocycles. The minimum Gasteiger partial charge on any atom is -0.507 e. The molecule has 4 rings (SSSR count). The average molecular weight is 530 g/mol. The van der Waals surface area contributed by atoms with Crippen LogP contribution in [0.1, 0.15) is 62.4 Å². The van der Waals surface area contributed by atoms with Gasteiger partial charge in [0, 0.05) is 29.7 Å². The van der Waals surface area contributed by atoms with E-state index in [1.54, 1.807) is 6.92 Å². The van der Waals surface area contributed by atoms with Crippen LogP contribution in [0.25, 0.3) is 0 Å². The number of methoxy groups -OCH3 is 2. The lowest BCUT2D eigenvalue weighted by atomic mass is 9.73. The van der Waals surface area contributed by atoms with E-state index in [4.69, 9.17) is 19.9 Å². The summed E-state index contributed by atoms with van der Waals surface area (Å²) in [6.07, 6.45) is -2.83. The van der Waals surface area contributed by atoms with E-state index in [0.29, 0.717) is 0 Å². The van der Waals surface area contributed by atoms with E-state index in [2.05, 4.69) is 0 Å². The third-order valence-electron chi connectivity index (χ3n) is 7.43. The lowest BCUT2D eigenvalue weighted by Crippen LogP contribution is -2.46. The molecular formula is C27H31NO10. The molecule has 0 heterocycles. The summed E-state index contributed by atoms with van der Waals surface area (Å²) < 4.78 is 16.3. The molecule has 204 valence electrons. The number of nitrogens with two attached hydrogens (primary N) is 1. The SMILES string of the molecule is COc1cccc2c1C(=O)c1c(O)c3c(c(O)c1C2=O)CC(C(=O)CO)CC3OCC(N)C(O)C(C)OC. The number of carbonyl (C=O) groups is 3. The van der Waals surface area contributed by atoms with Crippen molar-refractivity contribution < 1.29 is 49.0 Å². The summed E-state index contributed by atoms with van der Waals surface area (Å²) >= 11 is 0. The number of carbonyl (C=O) groups excluding carboxylic acids is 3. The van der Waals surface area contributed by atoms with Crippen molar-refractivity contribution in [3.05, 3.63) is 51.6 Å². The summed E-state index contributed by atoms with van der Waals surface area (Å²) in [5.74, 6) is -3.68. The predicted octanol–water partition coefficient (Wildman–Crippen LogP) is 0.786. The van der Waals surface area contributed by atoms with E-state index in [0.717, 1.165) is 0 Å². The minimum absolute atomic E-state index is 0.00285. The van der Waals surface area contributed by atoms with Gasteiger partial charge in [-0.2, -0.15) is 0 Å². The van der Waals surface area contributed by atoms with Crippen LogP contribution in [0.4, 0.5) is 0 Å². The van der Waals surface area contributed by atoms with Crippen molar-refractivity contribution in [2.75, 3.05) is 27.4 Å². The smallest absolute Gasteiger partial charge is 0.202 e. The van der Waals surface area contributed by atoms with E-state index in [-0.39, 0.29) is 58.6 Å². The molecule has 2 aliphatic rings. The van der Waals surface area contributed by atoms with Crippen LogP contribution in [-0.2, 0) is 20.7 Å². The zero-order valence-corrected chi connectivity index (χ0v) is 21.3. The second-order valence-corrected chi connectivity index (χ2v) is 9.56. The van der Waals surface area contributed by atoms with Gasteiger partial charge in [-0.05, 0) is 25.8 Å². The van der Waals surface area contributed by atoms with Gasteiger partial charge in [-0.25, -0.2) is 0 Å². The number of hydrogen-bond donors (Lipinski definition) is 5. The molecule has 11 heteroatoms. The van der Waals surface area contributed by atoms with E-state index < -0.39 is 65.7 Å². The van der Waals surface area contributed by atoms with Crippen molar-refractivity contribution >= 4 is 17.3 Å². The lowest BCUT2D eigenvalue weighted by Gasteiger charge is -2.35. The molecule has 0 bridgehead atoms. The molecule has 5 atom stereocenters. The Morgan fingerprint density at radius 3 is 2.42 bits per heavy atom. The molecule has 2 aromatic rings. The van der Waals surface area contributed by atoms with Crippen LogP contribution in [0.3, 0.4) is 0 Å². The van der Waals surface area contributed by atoms with E-state index in [9.17, 15) is 34.8 Å². The number of hydrogen-bond acceptors (Lipinski definition) is 11. The first kappa shape index (κ1) is 27.7. The fraction of sp³-hybridized carbons (Fsp3) is 0.444. The van der Waals surface area contributed by atoms with Gasteiger partial charge in [-0.1, -0.05) is 12.1 Å². The molecule has 38 heavy (non-hydrogen) atoms. The number of aliphatic hydroxyl groups excluding tert-OH is 2. The topological polar surface area (TPSA) is 186 Å². The summed E-state index contributed by atoms with van der Waals surface area (Å²) in [6.45, 7) is 0.652. The number of Topliss-reactive ketones (excluding diaryl/α,β-unsaturated/α-hetero) is 1. The van der Waals surface area contributed by atoms with Crippen LogP contribution < -0.4 is 10.5 Å². The van der Waals surface area contributed by atoms with Crippen molar-refractivity contribution in [2.24, 2.45) is 11.7 Å². The monoisotopic (exact) mass is 529 g/mol. The van der Waals surface area contributed by atoms with Gasteiger partial charge in [0.05, 0.1) is 54.8 Å². The Bertz CT molecular complexity index is 1290. The zero-order chi connectivity index (χ0) is 27.9. The van der Waals surface area contributed by atoms with Crippen LogP contribution in [-0.4, -0.2) is 83.5 Å². The van der Waals surface area contributed by atoms with E-state index in [1.807, 2.05) is 0 Å². The Labute approximate surface area is 218 Å². The molecule has 0 fully saturated rings. The quantitative estimate of drug-likeness (QED) is 0.247. The highest BCUT2D eigenvalue weighted by Crippen LogP contribution is 2.51. The molecule has 0 amide bonds. The molecule has 0 aromatic heterocycles. The number of phenolic OH excluding ortho intramolecular Hbond substituents is 2. The van der Waals surface area contributed by atoms with Crippen LogP contribution in [0.15, 0.2) is 18.2 Å². The van der Waals surface area contributed by atoms with Gasteiger partial charge < -0.3 is 40.4 Å². The maximum absolute atomic E-state index is 13.6. The molecule has 0 spiro atoms. The lowest BCUT2D eigenvalue weighted by molar-refractivity contribution is -0.127. The maximum Gasteiger partial charge on any atom is 0.202 e. The fourth-order valence-electron chi connectivity index (χ4n) is 5.22. The number of aromatic hydroxyl groups is 2.